The molecule has 0 saturated carbocycles. The van der Waals surface area contributed by atoms with Crippen molar-refractivity contribution in [2.75, 3.05) is 26.4 Å². The molecule has 4 rings (SSSR count). The Morgan fingerprint density at radius 2 is 0.948 bits per heavy atom. The van der Waals surface area contributed by atoms with Gasteiger partial charge in [-0.15, -0.1) is 0 Å². The van der Waals surface area contributed by atoms with Gasteiger partial charge in [-0.25, -0.2) is 4.18 Å². The molecule has 4 aliphatic rings. The lowest BCUT2D eigenvalue weighted by Crippen LogP contribution is -2.71. The Morgan fingerprint density at radius 1 is 0.569 bits per heavy atom. The quantitative estimate of drug-likeness (QED) is 0.0680. The molecule has 20 atom stereocenters. The van der Waals surface area contributed by atoms with E-state index < -0.39 is 177 Å². The van der Waals surface area contributed by atoms with E-state index in [4.69, 9.17) is 43.4 Å². The van der Waals surface area contributed by atoms with E-state index >= 15 is 0 Å². The van der Waals surface area contributed by atoms with Crippen molar-refractivity contribution in [3.8, 4) is 0 Å². The van der Waals surface area contributed by atoms with Crippen molar-refractivity contribution in [2.45, 2.75) is 143 Å². The van der Waals surface area contributed by atoms with Crippen LogP contribution in [0, 0.1) is 0 Å². The van der Waals surface area contributed by atoms with Gasteiger partial charge < -0.3 is 101 Å². The van der Waals surface area contributed by atoms with E-state index in [1.54, 1.807) is 0 Å². The van der Waals surface area contributed by atoms with Crippen molar-refractivity contribution in [3.63, 3.8) is 0 Å². The zero-order chi connectivity index (χ0) is 43.4. The maximum atomic E-state index is 12.4. The lowest BCUT2D eigenvalue weighted by molar-refractivity contribution is -0.361. The summed E-state index contributed by atoms with van der Waals surface area (Å²) in [4.78, 5) is 36.6. The zero-order valence-corrected chi connectivity index (χ0v) is 32.0. The number of aliphatic hydroxyl groups excluding tert-OH is 9. The van der Waals surface area contributed by atoms with Crippen molar-refractivity contribution in [1.82, 2.24) is 16.0 Å². The van der Waals surface area contributed by atoms with Crippen LogP contribution >= 0.6 is 0 Å². The first kappa shape index (κ1) is 48.3. The number of hydrogen-bond donors (Lipinski definition) is 14. The number of carbonyl (C=O) groups is 3. The summed E-state index contributed by atoms with van der Waals surface area (Å²) >= 11 is 0. The second-order valence-corrected chi connectivity index (χ2v) is 15.1. The van der Waals surface area contributed by atoms with Crippen LogP contribution in [-0.4, -0.2) is 226 Å². The molecule has 4 aliphatic heterocycles. The third-order valence-electron chi connectivity index (χ3n) is 9.69. The first-order valence-corrected chi connectivity index (χ1v) is 19.2. The average Bonchev–Trinajstić information content (AvgIpc) is 3.14. The molecular formula is C30H52N4O23S. The fraction of sp³-hybridized carbons (Fsp3) is 0.900. The number of rotatable bonds is 15. The highest BCUT2D eigenvalue weighted by Gasteiger charge is 2.56. The van der Waals surface area contributed by atoms with Crippen molar-refractivity contribution in [1.29, 1.82) is 0 Å². The minimum absolute atomic E-state index is 0.757. The standard InChI is InChI=1S/C30H52N4O23S/c1-8(38)32-16-21(43)26(14(51-27(16)46)7-50-58(47,48)49)57-30-18(34-10(3)40)23(45)25(13(6-37)54-30)56-29-17(33-9(2)39)22(44)24(12(5-36)53-29)55-28-15(31)20(42)19(41)11(4-35)52-28/h11-30,35-37,41-46H,4-7,31H2,1-3H3,(H,32,38)(H,33,39)(H,34,40)(H,47,48,49)/t11-,12-,13-,14-,15-,16-,17-,18-,19-,20-,21?,22?,23-,24-,25-,26-,27?,28+,29+,30+/m1/s1. The number of ether oxygens (including phenoxy) is 7. The number of aliphatic hydroxyl groups is 9. The summed E-state index contributed by atoms with van der Waals surface area (Å²) < 4.78 is 76.4. The van der Waals surface area contributed by atoms with Crippen molar-refractivity contribution >= 4 is 28.1 Å². The van der Waals surface area contributed by atoms with Gasteiger partial charge in [-0.1, -0.05) is 0 Å². The summed E-state index contributed by atoms with van der Waals surface area (Å²) in [6.45, 7) is -0.659. The van der Waals surface area contributed by atoms with E-state index in [9.17, 15) is 68.8 Å². The molecule has 4 heterocycles. The van der Waals surface area contributed by atoms with Crippen LogP contribution < -0.4 is 21.7 Å². The highest BCUT2D eigenvalue weighted by molar-refractivity contribution is 7.80. The second kappa shape index (κ2) is 20.4. The van der Waals surface area contributed by atoms with Gasteiger partial charge >= 0.3 is 10.4 Å². The number of amides is 3. The fourth-order valence-electron chi connectivity index (χ4n) is 6.95. The molecule has 3 amide bonds. The summed E-state index contributed by atoms with van der Waals surface area (Å²) in [5.74, 6) is -2.34. The smallest absolute Gasteiger partial charge is 0.394 e. The van der Waals surface area contributed by atoms with Gasteiger partial charge in [0.1, 0.15) is 91.4 Å². The molecule has 0 aromatic heterocycles. The molecule has 0 bridgehead atoms. The maximum absolute atomic E-state index is 12.4. The molecule has 0 radical (unpaired) electrons. The van der Waals surface area contributed by atoms with Gasteiger partial charge in [-0.2, -0.15) is 8.42 Å². The van der Waals surface area contributed by atoms with E-state index in [0.29, 0.717) is 0 Å². The van der Waals surface area contributed by atoms with Gasteiger partial charge in [-0.05, 0) is 0 Å². The van der Waals surface area contributed by atoms with Gasteiger partial charge in [-0.3, -0.25) is 18.9 Å². The Balaban J connectivity index is 1.62. The lowest BCUT2D eigenvalue weighted by atomic mass is 9.93. The van der Waals surface area contributed by atoms with Crippen LogP contribution in [0.4, 0.5) is 0 Å². The molecule has 4 saturated heterocycles. The van der Waals surface area contributed by atoms with Gasteiger partial charge in [0.15, 0.2) is 25.2 Å². The van der Waals surface area contributed by atoms with Gasteiger partial charge in [0.25, 0.3) is 0 Å². The average molecular weight is 869 g/mol. The SMILES string of the molecule is CC(=O)N[C@H]1C(O)O[C@H](COS(=O)(=O)O)[C@@H](O[C@@H]2O[C@H](CO)[C@@H](O[C@@H]3O[C@H](CO)[C@@H](O[C@@H]4O[C@H](CO)[C@@H](O)[C@H](O)[C@H]4N)C(O)[C@H]3NC(C)=O)[C@H](O)[C@H]2NC(C)=O)C1O. The molecule has 0 aliphatic carbocycles. The Morgan fingerprint density at radius 3 is 1.36 bits per heavy atom. The van der Waals surface area contributed by atoms with Crippen LogP contribution in [0.2, 0.25) is 0 Å². The van der Waals surface area contributed by atoms with Crippen LogP contribution in [0.25, 0.3) is 0 Å². The molecule has 28 heteroatoms. The van der Waals surface area contributed by atoms with E-state index in [-0.39, 0.29) is 0 Å². The molecule has 27 nitrogen and oxygen atoms in total. The molecule has 3 unspecified atom stereocenters. The molecule has 0 aromatic rings. The second-order valence-electron chi connectivity index (χ2n) is 14.0. The lowest BCUT2D eigenvalue weighted by Gasteiger charge is -2.50. The van der Waals surface area contributed by atoms with Crippen molar-refractivity contribution in [3.05, 3.63) is 0 Å². The van der Waals surface area contributed by atoms with Crippen LogP contribution in [0.5, 0.6) is 0 Å². The number of nitrogens with two attached hydrogens (primary N) is 1. The van der Waals surface area contributed by atoms with Crippen molar-refractivity contribution in [2.24, 2.45) is 5.73 Å². The molecule has 4 fully saturated rings. The molecule has 0 aromatic carbocycles. The Hall–Kier alpha value is -2.40. The number of nitrogens with one attached hydrogen (secondary N) is 3. The predicted molar refractivity (Wildman–Crippen MR) is 181 cm³/mol. The third kappa shape index (κ3) is 11.5. The van der Waals surface area contributed by atoms with Gasteiger partial charge in [0, 0.05) is 20.8 Å². The summed E-state index contributed by atoms with van der Waals surface area (Å²) in [5.41, 5.74) is 5.97. The van der Waals surface area contributed by atoms with E-state index in [0.717, 1.165) is 20.8 Å². The Labute approximate surface area is 330 Å². The fourth-order valence-corrected chi connectivity index (χ4v) is 7.26. The number of carbonyl (C=O) groups excluding carboxylic acids is 3. The molecule has 58 heavy (non-hydrogen) atoms. The van der Waals surface area contributed by atoms with Gasteiger partial charge in [0.05, 0.1) is 32.5 Å². The summed E-state index contributed by atoms with van der Waals surface area (Å²) in [6.07, 6.45) is -28.0. The first-order valence-electron chi connectivity index (χ1n) is 17.8. The topological polar surface area (TPSA) is 424 Å². The third-order valence-corrected chi connectivity index (χ3v) is 10.1. The largest absolute Gasteiger partial charge is 0.397 e. The van der Waals surface area contributed by atoms with Crippen molar-refractivity contribution < 1.29 is 111 Å². The van der Waals surface area contributed by atoms with Crippen LogP contribution in [-0.2, 0) is 62.1 Å². The summed E-state index contributed by atoms with van der Waals surface area (Å²) in [7, 11) is -5.13. The monoisotopic (exact) mass is 868 g/mol. The molecular weight excluding hydrogens is 816 g/mol. The minimum Gasteiger partial charge on any atom is -0.394 e. The Bertz CT molecular complexity index is 1500. The van der Waals surface area contributed by atoms with Crippen LogP contribution in [0.1, 0.15) is 20.8 Å². The van der Waals surface area contributed by atoms with E-state index in [1.807, 2.05) is 0 Å². The molecule has 0 spiro atoms. The minimum atomic E-state index is -5.13. The molecule has 15 N–H and O–H groups in total. The summed E-state index contributed by atoms with van der Waals surface area (Å²) in [5, 5.41) is 103. The highest BCUT2D eigenvalue weighted by Crippen LogP contribution is 2.34. The normalized spacial score (nSPS) is 43.6. The van der Waals surface area contributed by atoms with Crippen LogP contribution in [0.3, 0.4) is 0 Å². The first-order chi connectivity index (χ1) is 27.1. The van der Waals surface area contributed by atoms with E-state index in [2.05, 4.69) is 20.1 Å². The Kier molecular flexibility index (Phi) is 17.0. The van der Waals surface area contributed by atoms with E-state index in [1.165, 1.54) is 0 Å². The zero-order valence-electron chi connectivity index (χ0n) is 31.1. The number of hydrogen-bond acceptors (Lipinski definition) is 23. The van der Waals surface area contributed by atoms with Crippen LogP contribution in [0.15, 0.2) is 0 Å². The highest BCUT2D eigenvalue weighted by atomic mass is 32.3. The molecule has 336 valence electrons. The predicted octanol–water partition coefficient (Wildman–Crippen LogP) is -9.52. The van der Waals surface area contributed by atoms with Gasteiger partial charge in [0.2, 0.25) is 17.7 Å². The maximum Gasteiger partial charge on any atom is 0.397 e. The summed E-state index contributed by atoms with van der Waals surface area (Å²) in [6, 6.07) is -6.41.